The normalized spacial score (nSPS) is 20.7. The van der Waals surface area contributed by atoms with E-state index in [-0.39, 0.29) is 11.6 Å². The first-order valence-corrected chi connectivity index (χ1v) is 7.06. The summed E-state index contributed by atoms with van der Waals surface area (Å²) in [6, 6.07) is 3.69. The van der Waals surface area contributed by atoms with Crippen LogP contribution >= 0.6 is 0 Å². The van der Waals surface area contributed by atoms with Crippen molar-refractivity contribution in [2.24, 2.45) is 5.92 Å². The van der Waals surface area contributed by atoms with Crippen LogP contribution in [-0.4, -0.2) is 31.1 Å². The SMILES string of the molecule is CCNCC1CCCN(Cc2cc(F)ccc2F)C1. The largest absolute Gasteiger partial charge is 0.317 e. The van der Waals surface area contributed by atoms with Crippen molar-refractivity contribution in [2.45, 2.75) is 26.3 Å². The molecule has 1 fully saturated rings. The Labute approximate surface area is 113 Å². The summed E-state index contributed by atoms with van der Waals surface area (Å²) in [6.07, 6.45) is 2.35. The average Bonchev–Trinajstić information content (AvgIpc) is 2.41. The zero-order chi connectivity index (χ0) is 13.7. The molecule has 1 aromatic rings. The zero-order valence-electron chi connectivity index (χ0n) is 11.5. The third-order valence-electron chi connectivity index (χ3n) is 3.69. The molecular formula is C15H22F2N2. The van der Waals surface area contributed by atoms with Gasteiger partial charge in [-0.2, -0.15) is 0 Å². The number of nitrogens with one attached hydrogen (secondary N) is 1. The molecule has 2 rings (SSSR count). The van der Waals surface area contributed by atoms with Gasteiger partial charge in [-0.3, -0.25) is 4.90 Å². The van der Waals surface area contributed by atoms with Gasteiger partial charge in [0.15, 0.2) is 0 Å². The number of nitrogens with zero attached hydrogens (tertiary/aromatic N) is 1. The minimum Gasteiger partial charge on any atom is -0.317 e. The fraction of sp³-hybridized carbons (Fsp3) is 0.600. The lowest BCUT2D eigenvalue weighted by Crippen LogP contribution is -2.39. The minimum absolute atomic E-state index is 0.310. The second-order valence-electron chi connectivity index (χ2n) is 5.29. The minimum atomic E-state index is -0.363. The Bertz CT molecular complexity index is 409. The number of rotatable bonds is 5. The highest BCUT2D eigenvalue weighted by molar-refractivity contribution is 5.18. The molecule has 1 aliphatic heterocycles. The van der Waals surface area contributed by atoms with Crippen molar-refractivity contribution in [1.29, 1.82) is 0 Å². The molecule has 19 heavy (non-hydrogen) atoms. The van der Waals surface area contributed by atoms with Gasteiger partial charge in [0.25, 0.3) is 0 Å². The lowest BCUT2D eigenvalue weighted by atomic mass is 9.97. The summed E-state index contributed by atoms with van der Waals surface area (Å²) in [5.74, 6) is -0.0573. The highest BCUT2D eigenvalue weighted by atomic mass is 19.1. The maximum atomic E-state index is 13.6. The molecule has 0 bridgehead atoms. The van der Waals surface area contributed by atoms with E-state index in [1.54, 1.807) is 0 Å². The van der Waals surface area contributed by atoms with Gasteiger partial charge in [-0.15, -0.1) is 0 Å². The summed E-state index contributed by atoms with van der Waals surface area (Å²) >= 11 is 0. The second-order valence-corrected chi connectivity index (χ2v) is 5.29. The van der Waals surface area contributed by atoms with Crippen molar-refractivity contribution < 1.29 is 8.78 Å². The molecule has 0 amide bonds. The lowest BCUT2D eigenvalue weighted by Gasteiger charge is -2.33. The molecule has 1 aromatic carbocycles. The Kier molecular flexibility index (Phi) is 5.28. The van der Waals surface area contributed by atoms with Crippen LogP contribution < -0.4 is 5.32 Å². The molecule has 4 heteroatoms. The van der Waals surface area contributed by atoms with Crippen molar-refractivity contribution >= 4 is 0 Å². The summed E-state index contributed by atoms with van der Waals surface area (Å²) in [5.41, 5.74) is 0.462. The number of piperidine rings is 1. The van der Waals surface area contributed by atoms with Crippen LogP contribution in [0.1, 0.15) is 25.3 Å². The Morgan fingerprint density at radius 1 is 1.37 bits per heavy atom. The van der Waals surface area contributed by atoms with Crippen LogP contribution in [0.2, 0.25) is 0 Å². The fourth-order valence-electron chi connectivity index (χ4n) is 2.72. The first kappa shape index (κ1) is 14.4. The molecule has 106 valence electrons. The zero-order valence-corrected chi connectivity index (χ0v) is 11.5. The van der Waals surface area contributed by atoms with Gasteiger partial charge in [0.1, 0.15) is 11.6 Å². The van der Waals surface area contributed by atoms with Crippen LogP contribution in [0.5, 0.6) is 0 Å². The van der Waals surface area contributed by atoms with Gasteiger partial charge in [-0.1, -0.05) is 6.92 Å². The van der Waals surface area contributed by atoms with Crippen LogP contribution in [0.25, 0.3) is 0 Å². The monoisotopic (exact) mass is 268 g/mol. The van der Waals surface area contributed by atoms with E-state index in [0.29, 0.717) is 18.0 Å². The molecule has 1 saturated heterocycles. The highest BCUT2D eigenvalue weighted by Gasteiger charge is 2.20. The van der Waals surface area contributed by atoms with Gasteiger partial charge in [0, 0.05) is 18.7 Å². The summed E-state index contributed by atoms with van der Waals surface area (Å²) in [4.78, 5) is 2.23. The van der Waals surface area contributed by atoms with Gasteiger partial charge in [0.05, 0.1) is 0 Å². The predicted molar refractivity (Wildman–Crippen MR) is 72.9 cm³/mol. The van der Waals surface area contributed by atoms with Crippen molar-refractivity contribution in [3.63, 3.8) is 0 Å². The summed E-state index contributed by atoms with van der Waals surface area (Å²) in [5, 5.41) is 3.36. The van der Waals surface area contributed by atoms with Gasteiger partial charge in [0.2, 0.25) is 0 Å². The molecule has 0 spiro atoms. The van der Waals surface area contributed by atoms with Crippen molar-refractivity contribution in [2.75, 3.05) is 26.2 Å². The third kappa shape index (κ3) is 4.25. The molecular weight excluding hydrogens is 246 g/mol. The van der Waals surface area contributed by atoms with Gasteiger partial charge < -0.3 is 5.32 Å². The van der Waals surface area contributed by atoms with Crippen LogP contribution in [-0.2, 0) is 6.54 Å². The van der Waals surface area contributed by atoms with E-state index in [4.69, 9.17) is 0 Å². The van der Waals surface area contributed by atoms with Gasteiger partial charge in [-0.25, -0.2) is 8.78 Å². The number of halogens is 2. The topological polar surface area (TPSA) is 15.3 Å². The molecule has 0 aliphatic carbocycles. The first-order chi connectivity index (χ1) is 9.19. The van der Waals surface area contributed by atoms with E-state index in [2.05, 4.69) is 17.1 Å². The van der Waals surface area contributed by atoms with Gasteiger partial charge >= 0.3 is 0 Å². The first-order valence-electron chi connectivity index (χ1n) is 7.06. The van der Waals surface area contributed by atoms with E-state index in [0.717, 1.165) is 32.6 Å². The number of hydrogen-bond donors (Lipinski definition) is 1. The third-order valence-corrected chi connectivity index (χ3v) is 3.69. The molecule has 1 unspecified atom stereocenters. The quantitative estimate of drug-likeness (QED) is 0.883. The Balaban J connectivity index is 1.93. The molecule has 0 radical (unpaired) electrons. The van der Waals surface area contributed by atoms with E-state index in [1.807, 2.05) is 0 Å². The number of hydrogen-bond acceptors (Lipinski definition) is 2. The average molecular weight is 268 g/mol. The van der Waals surface area contributed by atoms with E-state index in [9.17, 15) is 8.78 Å². The van der Waals surface area contributed by atoms with Crippen LogP contribution in [0.3, 0.4) is 0 Å². The molecule has 1 aliphatic rings. The van der Waals surface area contributed by atoms with Crippen molar-refractivity contribution in [1.82, 2.24) is 10.2 Å². The van der Waals surface area contributed by atoms with Crippen molar-refractivity contribution in [3.05, 3.63) is 35.4 Å². The number of benzene rings is 1. The molecule has 1 heterocycles. The standard InChI is InChI=1S/C15H22F2N2/c1-2-18-9-12-4-3-7-19(10-12)11-13-8-14(16)5-6-15(13)17/h5-6,8,12,18H,2-4,7,9-11H2,1H3. The Hall–Kier alpha value is -1.00. The van der Waals surface area contributed by atoms with E-state index >= 15 is 0 Å². The Morgan fingerprint density at radius 2 is 2.21 bits per heavy atom. The summed E-state index contributed by atoms with van der Waals surface area (Å²) in [6.45, 7) is 6.53. The van der Waals surface area contributed by atoms with E-state index < -0.39 is 0 Å². The Morgan fingerprint density at radius 3 is 3.00 bits per heavy atom. The maximum absolute atomic E-state index is 13.6. The molecule has 0 saturated carbocycles. The smallest absolute Gasteiger partial charge is 0.127 e. The van der Waals surface area contributed by atoms with Crippen LogP contribution in [0, 0.1) is 17.6 Å². The summed E-state index contributed by atoms with van der Waals surface area (Å²) < 4.78 is 26.8. The molecule has 1 atom stereocenters. The second kappa shape index (κ2) is 6.96. The maximum Gasteiger partial charge on any atom is 0.127 e. The lowest BCUT2D eigenvalue weighted by molar-refractivity contribution is 0.164. The number of likely N-dealkylation sites (tertiary alicyclic amines) is 1. The fourth-order valence-corrected chi connectivity index (χ4v) is 2.72. The highest BCUT2D eigenvalue weighted by Crippen LogP contribution is 2.19. The predicted octanol–water partition coefficient (Wildman–Crippen LogP) is 2.79. The molecule has 0 aromatic heterocycles. The summed E-state index contributed by atoms with van der Waals surface area (Å²) in [7, 11) is 0. The molecule has 1 N–H and O–H groups in total. The van der Waals surface area contributed by atoms with Crippen LogP contribution in [0.15, 0.2) is 18.2 Å². The van der Waals surface area contributed by atoms with Crippen molar-refractivity contribution in [3.8, 4) is 0 Å². The van der Waals surface area contributed by atoms with E-state index in [1.165, 1.54) is 24.6 Å². The van der Waals surface area contributed by atoms with Crippen LogP contribution in [0.4, 0.5) is 8.78 Å². The van der Waals surface area contributed by atoms with Gasteiger partial charge in [-0.05, 0) is 56.6 Å². The molecule has 2 nitrogen and oxygen atoms in total.